The Balaban J connectivity index is 1.93. The molecular weight excluding hydrogens is 278 g/mol. The number of hydrogen-bond acceptors (Lipinski definition) is 3. The smallest absolute Gasteiger partial charge is 0.410 e. The number of carbonyl (C=O) groups excluding carboxylic acids is 1. The number of rotatable bonds is 0. The highest BCUT2D eigenvalue weighted by Gasteiger charge is 2.51. The van der Waals surface area contributed by atoms with Crippen LogP contribution in [-0.4, -0.2) is 41.6 Å². The molecule has 1 atom stereocenters. The van der Waals surface area contributed by atoms with E-state index in [4.69, 9.17) is 10.5 Å². The molecule has 1 saturated heterocycles. The highest BCUT2D eigenvalue weighted by Crippen LogP contribution is 2.49. The summed E-state index contributed by atoms with van der Waals surface area (Å²) in [7, 11) is 0. The Bertz CT molecular complexity index is 399. The van der Waals surface area contributed by atoms with Gasteiger partial charge in [0.1, 0.15) is 5.60 Å². The second-order valence-electron chi connectivity index (χ2n) is 7.55. The maximum Gasteiger partial charge on any atom is 0.410 e. The van der Waals surface area contributed by atoms with E-state index in [0.29, 0.717) is 32.4 Å². The lowest BCUT2D eigenvalue weighted by Gasteiger charge is -2.48. The zero-order chi connectivity index (χ0) is 15.9. The third-order valence-corrected chi connectivity index (χ3v) is 4.61. The molecule has 0 aromatic rings. The fourth-order valence-electron chi connectivity index (χ4n) is 3.31. The SMILES string of the molecule is CC(C)(C)OC(=O)N1CCC2(CCC(N)C(F)(F)C2)CC1. The van der Waals surface area contributed by atoms with Crippen molar-refractivity contribution in [3.05, 3.63) is 0 Å². The molecule has 1 amide bonds. The standard InChI is InChI=1S/C15H26F2N2O2/c1-13(2,3)21-12(20)19-8-6-14(7-9-19)5-4-11(18)15(16,17)10-14/h11H,4-10,18H2,1-3H3. The van der Waals surface area contributed by atoms with Crippen molar-refractivity contribution < 1.29 is 18.3 Å². The number of likely N-dealkylation sites (tertiary alicyclic amines) is 1. The van der Waals surface area contributed by atoms with Crippen molar-refractivity contribution in [1.82, 2.24) is 4.90 Å². The Labute approximate surface area is 125 Å². The van der Waals surface area contributed by atoms with Gasteiger partial charge in [0, 0.05) is 19.5 Å². The molecule has 21 heavy (non-hydrogen) atoms. The van der Waals surface area contributed by atoms with Crippen LogP contribution in [0.2, 0.25) is 0 Å². The van der Waals surface area contributed by atoms with Crippen LogP contribution in [0.25, 0.3) is 0 Å². The summed E-state index contributed by atoms with van der Waals surface area (Å²) in [5.74, 6) is -2.79. The first-order valence-electron chi connectivity index (χ1n) is 7.64. The minimum atomic E-state index is -2.79. The van der Waals surface area contributed by atoms with Crippen molar-refractivity contribution in [3.8, 4) is 0 Å². The minimum Gasteiger partial charge on any atom is -0.444 e. The lowest BCUT2D eigenvalue weighted by Crippen LogP contribution is -2.53. The Morgan fingerprint density at radius 3 is 2.29 bits per heavy atom. The average Bonchev–Trinajstić information content (AvgIpc) is 2.33. The predicted octanol–water partition coefficient (Wildman–Crippen LogP) is 3.15. The zero-order valence-corrected chi connectivity index (χ0v) is 13.1. The number of amides is 1. The number of hydrogen-bond donors (Lipinski definition) is 1. The van der Waals surface area contributed by atoms with Crippen molar-refractivity contribution in [3.63, 3.8) is 0 Å². The molecule has 1 spiro atoms. The van der Waals surface area contributed by atoms with Crippen LogP contribution < -0.4 is 5.73 Å². The van der Waals surface area contributed by atoms with Crippen molar-refractivity contribution in [1.29, 1.82) is 0 Å². The molecule has 2 aliphatic rings. The summed E-state index contributed by atoms with van der Waals surface area (Å²) in [6.45, 7) is 6.43. The second kappa shape index (κ2) is 5.38. The zero-order valence-electron chi connectivity index (χ0n) is 13.1. The van der Waals surface area contributed by atoms with Crippen molar-refractivity contribution in [2.45, 2.75) is 70.4 Å². The molecule has 1 saturated carbocycles. The molecule has 2 fully saturated rings. The van der Waals surface area contributed by atoms with E-state index >= 15 is 0 Å². The van der Waals surface area contributed by atoms with E-state index in [1.807, 2.05) is 20.8 Å². The number of piperidine rings is 1. The lowest BCUT2D eigenvalue weighted by molar-refractivity contribution is -0.111. The van der Waals surface area contributed by atoms with Gasteiger partial charge in [0.2, 0.25) is 0 Å². The van der Waals surface area contributed by atoms with E-state index < -0.39 is 17.6 Å². The number of nitrogens with zero attached hydrogens (tertiary/aromatic N) is 1. The van der Waals surface area contributed by atoms with E-state index in [0.717, 1.165) is 6.42 Å². The molecule has 4 nitrogen and oxygen atoms in total. The maximum absolute atomic E-state index is 13.9. The highest BCUT2D eigenvalue weighted by atomic mass is 19.3. The van der Waals surface area contributed by atoms with Gasteiger partial charge in [0.05, 0.1) is 6.04 Å². The third kappa shape index (κ3) is 3.84. The summed E-state index contributed by atoms with van der Waals surface area (Å²) < 4.78 is 33.1. The number of carbonyl (C=O) groups is 1. The van der Waals surface area contributed by atoms with Gasteiger partial charge < -0.3 is 15.4 Å². The number of nitrogens with two attached hydrogens (primary N) is 1. The Hall–Kier alpha value is -0.910. The molecule has 0 aromatic carbocycles. The summed E-state index contributed by atoms with van der Waals surface area (Å²) in [5, 5.41) is 0. The van der Waals surface area contributed by atoms with Crippen LogP contribution in [0.3, 0.4) is 0 Å². The molecule has 0 radical (unpaired) electrons. The van der Waals surface area contributed by atoms with Crippen molar-refractivity contribution in [2.24, 2.45) is 11.1 Å². The fraction of sp³-hybridized carbons (Fsp3) is 0.933. The average molecular weight is 304 g/mol. The van der Waals surface area contributed by atoms with Gasteiger partial charge >= 0.3 is 6.09 Å². The van der Waals surface area contributed by atoms with Gasteiger partial charge in [-0.3, -0.25) is 0 Å². The fourth-order valence-corrected chi connectivity index (χ4v) is 3.31. The van der Waals surface area contributed by atoms with Gasteiger partial charge in [0.15, 0.2) is 0 Å². The molecule has 1 heterocycles. The van der Waals surface area contributed by atoms with E-state index in [2.05, 4.69) is 0 Å². The van der Waals surface area contributed by atoms with Crippen LogP contribution in [0.15, 0.2) is 0 Å². The third-order valence-electron chi connectivity index (χ3n) is 4.61. The van der Waals surface area contributed by atoms with Crippen LogP contribution in [0, 0.1) is 5.41 Å². The van der Waals surface area contributed by atoms with Gasteiger partial charge in [-0.2, -0.15) is 0 Å². The summed E-state index contributed by atoms with van der Waals surface area (Å²) >= 11 is 0. The molecular formula is C15H26F2N2O2. The van der Waals surface area contributed by atoms with E-state index in [-0.39, 0.29) is 17.9 Å². The van der Waals surface area contributed by atoms with Gasteiger partial charge in [0.25, 0.3) is 5.92 Å². The van der Waals surface area contributed by atoms with Crippen molar-refractivity contribution >= 4 is 6.09 Å². The monoisotopic (exact) mass is 304 g/mol. The Morgan fingerprint density at radius 2 is 1.81 bits per heavy atom. The maximum atomic E-state index is 13.9. The lowest BCUT2D eigenvalue weighted by atomic mass is 9.65. The molecule has 6 heteroatoms. The first-order chi connectivity index (χ1) is 9.53. The summed E-state index contributed by atoms with van der Waals surface area (Å²) in [6, 6.07) is -1.02. The van der Waals surface area contributed by atoms with Crippen LogP contribution in [0.1, 0.15) is 52.9 Å². The second-order valence-corrected chi connectivity index (χ2v) is 7.55. The predicted molar refractivity (Wildman–Crippen MR) is 76.2 cm³/mol. The molecule has 1 aliphatic carbocycles. The van der Waals surface area contributed by atoms with Gasteiger partial charge in [-0.1, -0.05) is 0 Å². The largest absolute Gasteiger partial charge is 0.444 e. The van der Waals surface area contributed by atoms with Crippen LogP contribution in [0.5, 0.6) is 0 Å². The first kappa shape index (κ1) is 16.5. The van der Waals surface area contributed by atoms with Crippen LogP contribution >= 0.6 is 0 Å². The molecule has 122 valence electrons. The summed E-state index contributed by atoms with van der Waals surface area (Å²) in [5.41, 5.74) is 4.62. The van der Waals surface area contributed by atoms with E-state index in [1.165, 1.54) is 0 Å². The Morgan fingerprint density at radius 1 is 1.24 bits per heavy atom. The number of halogens is 2. The molecule has 0 bridgehead atoms. The van der Waals surface area contributed by atoms with Gasteiger partial charge in [-0.15, -0.1) is 0 Å². The molecule has 1 aliphatic heterocycles. The Kier molecular flexibility index (Phi) is 4.21. The van der Waals surface area contributed by atoms with Gasteiger partial charge in [-0.25, -0.2) is 13.6 Å². The topological polar surface area (TPSA) is 55.6 Å². The molecule has 0 aromatic heterocycles. The first-order valence-corrected chi connectivity index (χ1v) is 7.64. The van der Waals surface area contributed by atoms with Gasteiger partial charge in [-0.05, 0) is 51.9 Å². The minimum absolute atomic E-state index is 0.149. The molecule has 2 rings (SSSR count). The number of alkyl halides is 2. The highest BCUT2D eigenvalue weighted by molar-refractivity contribution is 5.68. The summed E-state index contributed by atoms with van der Waals surface area (Å²) in [4.78, 5) is 13.6. The van der Waals surface area contributed by atoms with Crippen LogP contribution in [0.4, 0.5) is 13.6 Å². The normalized spacial score (nSPS) is 28.5. The molecule has 1 unspecified atom stereocenters. The van der Waals surface area contributed by atoms with E-state index in [9.17, 15) is 13.6 Å². The van der Waals surface area contributed by atoms with E-state index in [1.54, 1.807) is 4.90 Å². The number of ether oxygens (including phenoxy) is 1. The van der Waals surface area contributed by atoms with Crippen molar-refractivity contribution in [2.75, 3.05) is 13.1 Å². The van der Waals surface area contributed by atoms with Crippen LogP contribution in [-0.2, 0) is 4.74 Å². The quantitative estimate of drug-likeness (QED) is 0.748. The molecule has 2 N–H and O–H groups in total. The summed E-state index contributed by atoms with van der Waals surface area (Å²) in [6.07, 6.45) is 1.80.